The van der Waals surface area contributed by atoms with Gasteiger partial charge in [0.15, 0.2) is 11.5 Å². The molecule has 0 unspecified atom stereocenters. The molecule has 0 spiro atoms. The molecule has 0 fully saturated rings. The average Bonchev–Trinajstić information content (AvgIpc) is 2.62. The molecule has 2 N–H and O–H groups in total. The first-order valence-electron chi connectivity index (χ1n) is 6.69. The maximum Gasteiger partial charge on any atom is 0.163 e. The third-order valence-corrected chi connectivity index (χ3v) is 3.56. The van der Waals surface area contributed by atoms with E-state index < -0.39 is 0 Å². The molecule has 1 aromatic heterocycles. The molecule has 4 heteroatoms. The van der Waals surface area contributed by atoms with Gasteiger partial charge in [-0.05, 0) is 25.0 Å². The lowest BCUT2D eigenvalue weighted by molar-refractivity contribution is 0.297. The zero-order chi connectivity index (χ0) is 13.4. The molecule has 0 amide bonds. The minimum atomic E-state index is 0.679. The predicted octanol–water partition coefficient (Wildman–Crippen LogP) is 2.85. The molecule has 1 aliphatic heterocycles. The molecule has 2 aromatic rings. The Bertz CT molecular complexity index is 638. The lowest BCUT2D eigenvalue weighted by Gasteiger charge is -2.13. The van der Waals surface area contributed by atoms with Crippen LogP contribution in [0.25, 0.3) is 10.9 Å². The van der Waals surface area contributed by atoms with Gasteiger partial charge < -0.3 is 15.2 Å². The van der Waals surface area contributed by atoms with Crippen molar-refractivity contribution in [3.05, 3.63) is 23.4 Å². The Morgan fingerprint density at radius 2 is 1.89 bits per heavy atom. The first-order valence-corrected chi connectivity index (χ1v) is 6.69. The Labute approximate surface area is 112 Å². The van der Waals surface area contributed by atoms with Crippen molar-refractivity contribution in [1.29, 1.82) is 0 Å². The lowest BCUT2D eigenvalue weighted by Crippen LogP contribution is -2.01. The van der Waals surface area contributed by atoms with Crippen molar-refractivity contribution in [2.75, 3.05) is 18.9 Å². The summed E-state index contributed by atoms with van der Waals surface area (Å²) in [5, 5.41) is 0.951. The van der Waals surface area contributed by atoms with Crippen molar-refractivity contribution in [2.45, 2.75) is 26.7 Å². The highest BCUT2D eigenvalue weighted by Gasteiger charge is 2.15. The van der Waals surface area contributed by atoms with E-state index in [1.54, 1.807) is 0 Å². The predicted molar refractivity (Wildman–Crippen MR) is 75.9 cm³/mol. The summed E-state index contributed by atoms with van der Waals surface area (Å²) in [7, 11) is 0. The summed E-state index contributed by atoms with van der Waals surface area (Å²) >= 11 is 0. The van der Waals surface area contributed by atoms with E-state index in [1.165, 1.54) is 0 Å². The van der Waals surface area contributed by atoms with Crippen LogP contribution in [0, 0.1) is 6.92 Å². The van der Waals surface area contributed by atoms with Crippen molar-refractivity contribution in [1.82, 2.24) is 4.98 Å². The number of benzene rings is 1. The van der Waals surface area contributed by atoms with Crippen LogP contribution in [0.15, 0.2) is 12.1 Å². The van der Waals surface area contributed by atoms with Gasteiger partial charge in [0.2, 0.25) is 0 Å². The van der Waals surface area contributed by atoms with Crippen LogP contribution in [-0.4, -0.2) is 18.2 Å². The number of aryl methyl sites for hydroxylation is 1. The molecule has 0 radical (unpaired) electrons. The molecule has 100 valence electrons. The highest BCUT2D eigenvalue weighted by Crippen LogP contribution is 2.37. The lowest BCUT2D eigenvalue weighted by atomic mass is 10.0. The summed E-state index contributed by atoms with van der Waals surface area (Å²) in [6, 6.07) is 3.88. The van der Waals surface area contributed by atoms with Gasteiger partial charge in [0, 0.05) is 29.3 Å². The highest BCUT2D eigenvalue weighted by molar-refractivity contribution is 5.94. The molecule has 0 saturated heterocycles. The van der Waals surface area contributed by atoms with Crippen LogP contribution >= 0.6 is 0 Å². The van der Waals surface area contributed by atoms with Crippen molar-refractivity contribution in [3.8, 4) is 11.5 Å². The second-order valence-corrected chi connectivity index (χ2v) is 4.81. The maximum absolute atomic E-state index is 6.27. The number of aromatic nitrogens is 1. The average molecular weight is 258 g/mol. The highest BCUT2D eigenvalue weighted by atomic mass is 16.5. The van der Waals surface area contributed by atoms with Gasteiger partial charge in [0.05, 0.1) is 18.7 Å². The van der Waals surface area contributed by atoms with Gasteiger partial charge in [-0.25, -0.2) is 0 Å². The van der Waals surface area contributed by atoms with Crippen LogP contribution in [0.1, 0.15) is 24.6 Å². The SMILES string of the molecule is CCc1c(C)nc2cc3c(cc2c1N)OCCCO3. The van der Waals surface area contributed by atoms with Crippen LogP contribution in [0.3, 0.4) is 0 Å². The molecule has 1 aromatic carbocycles. The number of pyridine rings is 1. The van der Waals surface area contributed by atoms with E-state index >= 15 is 0 Å². The number of hydrogen-bond donors (Lipinski definition) is 1. The maximum atomic E-state index is 6.27. The van der Waals surface area contributed by atoms with Gasteiger partial charge in [-0.1, -0.05) is 6.92 Å². The Balaban J connectivity index is 2.26. The molecule has 2 heterocycles. The van der Waals surface area contributed by atoms with Crippen LogP contribution in [0.4, 0.5) is 5.69 Å². The summed E-state index contributed by atoms with van der Waals surface area (Å²) in [5.74, 6) is 1.53. The molecule has 0 saturated carbocycles. The number of fused-ring (bicyclic) bond motifs is 2. The number of rotatable bonds is 1. The van der Waals surface area contributed by atoms with E-state index in [4.69, 9.17) is 15.2 Å². The van der Waals surface area contributed by atoms with Crippen molar-refractivity contribution in [2.24, 2.45) is 0 Å². The molecular weight excluding hydrogens is 240 g/mol. The minimum Gasteiger partial charge on any atom is -0.490 e. The molecule has 0 bridgehead atoms. The topological polar surface area (TPSA) is 57.4 Å². The number of hydrogen-bond acceptors (Lipinski definition) is 4. The van der Waals surface area contributed by atoms with Gasteiger partial charge in [0.25, 0.3) is 0 Å². The van der Waals surface area contributed by atoms with Gasteiger partial charge in [-0.15, -0.1) is 0 Å². The number of nitrogen functional groups attached to an aromatic ring is 1. The van der Waals surface area contributed by atoms with Crippen molar-refractivity contribution < 1.29 is 9.47 Å². The van der Waals surface area contributed by atoms with E-state index in [9.17, 15) is 0 Å². The third-order valence-electron chi connectivity index (χ3n) is 3.56. The molecule has 0 atom stereocenters. The quantitative estimate of drug-likeness (QED) is 0.854. The monoisotopic (exact) mass is 258 g/mol. The Kier molecular flexibility index (Phi) is 2.93. The van der Waals surface area contributed by atoms with Gasteiger partial charge in [-0.2, -0.15) is 0 Å². The van der Waals surface area contributed by atoms with E-state index in [-0.39, 0.29) is 0 Å². The summed E-state index contributed by atoms with van der Waals surface area (Å²) in [6.45, 7) is 5.45. The number of nitrogens with two attached hydrogens (primary N) is 1. The third kappa shape index (κ3) is 1.97. The van der Waals surface area contributed by atoms with Crippen LogP contribution in [0.2, 0.25) is 0 Å². The van der Waals surface area contributed by atoms with Crippen molar-refractivity contribution in [3.63, 3.8) is 0 Å². The van der Waals surface area contributed by atoms with E-state index in [0.717, 1.165) is 52.2 Å². The summed E-state index contributed by atoms with van der Waals surface area (Å²) < 4.78 is 11.4. The molecule has 1 aliphatic rings. The van der Waals surface area contributed by atoms with Crippen LogP contribution in [0.5, 0.6) is 11.5 Å². The van der Waals surface area contributed by atoms with E-state index in [0.29, 0.717) is 13.2 Å². The Morgan fingerprint density at radius 3 is 2.58 bits per heavy atom. The fourth-order valence-electron chi connectivity index (χ4n) is 2.56. The van der Waals surface area contributed by atoms with Gasteiger partial charge in [-0.3, -0.25) is 4.98 Å². The number of nitrogens with zero attached hydrogens (tertiary/aromatic N) is 1. The van der Waals surface area contributed by atoms with Gasteiger partial charge in [0.1, 0.15) is 0 Å². The summed E-state index contributed by atoms with van der Waals surface area (Å²) in [6.07, 6.45) is 1.78. The molecule has 3 rings (SSSR count). The smallest absolute Gasteiger partial charge is 0.163 e. The fraction of sp³-hybridized carbons (Fsp3) is 0.400. The molecule has 0 aliphatic carbocycles. The first-order chi connectivity index (χ1) is 9.20. The minimum absolute atomic E-state index is 0.679. The Morgan fingerprint density at radius 1 is 1.21 bits per heavy atom. The zero-order valence-electron chi connectivity index (χ0n) is 11.3. The zero-order valence-corrected chi connectivity index (χ0v) is 11.3. The van der Waals surface area contributed by atoms with Crippen molar-refractivity contribution >= 4 is 16.6 Å². The number of ether oxygens (including phenoxy) is 2. The van der Waals surface area contributed by atoms with Crippen LogP contribution in [-0.2, 0) is 6.42 Å². The number of anilines is 1. The summed E-state index contributed by atoms with van der Waals surface area (Å²) in [5.41, 5.74) is 10.0. The van der Waals surface area contributed by atoms with E-state index in [1.807, 2.05) is 19.1 Å². The second kappa shape index (κ2) is 4.61. The first kappa shape index (κ1) is 12.1. The summed E-state index contributed by atoms with van der Waals surface area (Å²) in [4.78, 5) is 4.63. The standard InChI is InChI=1S/C15H18N2O2/c1-3-10-9(2)17-12-8-14-13(7-11(12)15(10)16)18-5-4-6-19-14/h7-8H,3-6H2,1-2H3,(H2,16,17). The van der Waals surface area contributed by atoms with Gasteiger partial charge >= 0.3 is 0 Å². The molecular formula is C15H18N2O2. The second-order valence-electron chi connectivity index (χ2n) is 4.81. The van der Waals surface area contributed by atoms with E-state index in [2.05, 4.69) is 11.9 Å². The molecule has 4 nitrogen and oxygen atoms in total. The normalized spacial score (nSPS) is 14.4. The molecule has 19 heavy (non-hydrogen) atoms. The Hall–Kier alpha value is -1.97. The fourth-order valence-corrected chi connectivity index (χ4v) is 2.56. The largest absolute Gasteiger partial charge is 0.490 e. The van der Waals surface area contributed by atoms with Crippen LogP contribution < -0.4 is 15.2 Å².